The Morgan fingerprint density at radius 1 is 0.920 bits per heavy atom. The van der Waals surface area contributed by atoms with Crippen molar-refractivity contribution in [1.29, 1.82) is 0 Å². The van der Waals surface area contributed by atoms with Gasteiger partial charge in [0.2, 0.25) is 0 Å². The van der Waals surface area contributed by atoms with Crippen LogP contribution < -0.4 is 20.1 Å². The van der Waals surface area contributed by atoms with Crippen LogP contribution in [-0.4, -0.2) is 26.2 Å². The van der Waals surface area contributed by atoms with Gasteiger partial charge < -0.3 is 20.1 Å². The summed E-state index contributed by atoms with van der Waals surface area (Å²) in [5, 5.41) is 6.42. The second-order valence-electron chi connectivity index (χ2n) is 5.12. The van der Waals surface area contributed by atoms with Gasteiger partial charge in [0.1, 0.15) is 5.75 Å². The molecule has 0 aromatic heterocycles. The highest BCUT2D eigenvalue weighted by molar-refractivity contribution is 14.0. The number of ether oxygens (including phenoxy) is 2. The summed E-state index contributed by atoms with van der Waals surface area (Å²) in [6.07, 6.45) is 0. The number of nitrogens with one attached hydrogen (secondary N) is 2. The SMILES string of the molecule is CCNC(=NCc1ccc(Oc2ccccc2OC)cc1)NCC.I. The van der Waals surface area contributed by atoms with E-state index in [1.54, 1.807) is 7.11 Å². The van der Waals surface area contributed by atoms with Crippen LogP contribution in [0, 0.1) is 0 Å². The molecule has 2 N–H and O–H groups in total. The van der Waals surface area contributed by atoms with Crippen LogP contribution in [0.3, 0.4) is 0 Å². The van der Waals surface area contributed by atoms with Crippen LogP contribution in [0.25, 0.3) is 0 Å². The standard InChI is InChI=1S/C19H25N3O2.HI/c1-4-20-19(21-5-2)22-14-15-10-12-16(13-11-15)24-18-9-7-6-8-17(18)23-3;/h6-13H,4-5,14H2,1-3H3,(H2,20,21,22);1H. The summed E-state index contributed by atoms with van der Waals surface area (Å²) in [5.74, 6) is 3.01. The van der Waals surface area contributed by atoms with Crippen molar-refractivity contribution in [3.05, 3.63) is 54.1 Å². The summed E-state index contributed by atoms with van der Waals surface area (Å²) in [4.78, 5) is 4.55. The number of nitrogens with zero attached hydrogens (tertiary/aromatic N) is 1. The van der Waals surface area contributed by atoms with Crippen LogP contribution in [0.5, 0.6) is 17.2 Å². The van der Waals surface area contributed by atoms with E-state index in [0.29, 0.717) is 18.0 Å². The second-order valence-corrected chi connectivity index (χ2v) is 5.12. The topological polar surface area (TPSA) is 54.9 Å². The van der Waals surface area contributed by atoms with E-state index >= 15 is 0 Å². The van der Waals surface area contributed by atoms with Crippen molar-refractivity contribution >= 4 is 29.9 Å². The zero-order valence-electron chi connectivity index (χ0n) is 14.9. The van der Waals surface area contributed by atoms with E-state index in [1.807, 2.05) is 48.5 Å². The molecule has 0 bridgehead atoms. The Balaban J connectivity index is 0.00000312. The molecule has 25 heavy (non-hydrogen) atoms. The fraction of sp³-hybridized carbons (Fsp3) is 0.316. The van der Waals surface area contributed by atoms with Crippen molar-refractivity contribution in [3.8, 4) is 17.2 Å². The highest BCUT2D eigenvalue weighted by atomic mass is 127. The van der Waals surface area contributed by atoms with Gasteiger partial charge in [-0.3, -0.25) is 0 Å². The average molecular weight is 455 g/mol. The van der Waals surface area contributed by atoms with Gasteiger partial charge in [0.05, 0.1) is 13.7 Å². The maximum atomic E-state index is 5.87. The Labute approximate surface area is 166 Å². The predicted octanol–water partition coefficient (Wildman–Crippen LogP) is 4.18. The third-order valence-electron chi connectivity index (χ3n) is 3.33. The lowest BCUT2D eigenvalue weighted by Crippen LogP contribution is -2.36. The Hall–Kier alpha value is -1.96. The van der Waals surface area contributed by atoms with Gasteiger partial charge in [-0.1, -0.05) is 24.3 Å². The molecule has 0 unspecified atom stereocenters. The summed E-state index contributed by atoms with van der Waals surface area (Å²) >= 11 is 0. The van der Waals surface area contributed by atoms with E-state index in [0.717, 1.165) is 30.4 Å². The number of methoxy groups -OCH3 is 1. The van der Waals surface area contributed by atoms with Gasteiger partial charge >= 0.3 is 0 Å². The molecule has 136 valence electrons. The first-order valence-electron chi connectivity index (χ1n) is 8.18. The van der Waals surface area contributed by atoms with E-state index in [2.05, 4.69) is 29.5 Å². The normalized spacial score (nSPS) is 9.56. The summed E-state index contributed by atoms with van der Waals surface area (Å²) in [5.41, 5.74) is 1.12. The van der Waals surface area contributed by atoms with Gasteiger partial charge in [-0.25, -0.2) is 4.99 Å². The molecule has 0 saturated carbocycles. The predicted molar refractivity (Wildman–Crippen MR) is 113 cm³/mol. The highest BCUT2D eigenvalue weighted by Gasteiger charge is 2.04. The van der Waals surface area contributed by atoms with Crippen molar-refractivity contribution in [2.45, 2.75) is 20.4 Å². The van der Waals surface area contributed by atoms with E-state index < -0.39 is 0 Å². The number of rotatable bonds is 7. The number of hydrogen-bond acceptors (Lipinski definition) is 3. The summed E-state index contributed by atoms with van der Waals surface area (Å²) in [7, 11) is 1.63. The third-order valence-corrected chi connectivity index (χ3v) is 3.33. The van der Waals surface area contributed by atoms with Gasteiger partial charge in [-0.2, -0.15) is 0 Å². The van der Waals surface area contributed by atoms with E-state index in [1.165, 1.54) is 0 Å². The molecule has 6 heteroatoms. The van der Waals surface area contributed by atoms with E-state index in [9.17, 15) is 0 Å². The van der Waals surface area contributed by atoms with Crippen LogP contribution in [0.4, 0.5) is 0 Å². The van der Waals surface area contributed by atoms with Crippen molar-refractivity contribution in [3.63, 3.8) is 0 Å². The fourth-order valence-electron chi connectivity index (χ4n) is 2.17. The number of aliphatic imine (C=N–C) groups is 1. The van der Waals surface area contributed by atoms with Crippen molar-refractivity contribution in [2.75, 3.05) is 20.2 Å². The summed E-state index contributed by atoms with van der Waals surface area (Å²) in [6, 6.07) is 15.5. The molecule has 2 aromatic rings. The van der Waals surface area contributed by atoms with E-state index in [-0.39, 0.29) is 24.0 Å². The maximum Gasteiger partial charge on any atom is 0.191 e. The monoisotopic (exact) mass is 455 g/mol. The minimum Gasteiger partial charge on any atom is -0.493 e. The lowest BCUT2D eigenvalue weighted by atomic mass is 10.2. The van der Waals surface area contributed by atoms with Crippen LogP contribution in [0.2, 0.25) is 0 Å². The molecule has 0 aliphatic carbocycles. The molecule has 0 aliphatic rings. The first kappa shape index (κ1) is 21.1. The Kier molecular flexibility index (Phi) is 9.76. The molecule has 0 radical (unpaired) electrons. The Morgan fingerprint density at radius 2 is 1.52 bits per heavy atom. The fourth-order valence-corrected chi connectivity index (χ4v) is 2.17. The molecule has 0 amide bonds. The van der Waals surface area contributed by atoms with Gasteiger partial charge in [0, 0.05) is 13.1 Å². The smallest absolute Gasteiger partial charge is 0.191 e. The maximum absolute atomic E-state index is 5.87. The number of hydrogen-bond donors (Lipinski definition) is 2. The van der Waals surface area contributed by atoms with Crippen LogP contribution >= 0.6 is 24.0 Å². The molecule has 0 atom stereocenters. The van der Waals surface area contributed by atoms with Gasteiger partial charge in [0.25, 0.3) is 0 Å². The molecule has 5 nitrogen and oxygen atoms in total. The lowest BCUT2D eigenvalue weighted by molar-refractivity contribution is 0.379. The molecule has 2 rings (SSSR count). The summed E-state index contributed by atoms with van der Waals surface area (Å²) < 4.78 is 11.2. The van der Waals surface area contributed by atoms with Gasteiger partial charge in [-0.15, -0.1) is 24.0 Å². The number of para-hydroxylation sites is 2. The van der Waals surface area contributed by atoms with Crippen LogP contribution in [0.15, 0.2) is 53.5 Å². The molecular formula is C19H26IN3O2. The molecule has 0 spiro atoms. The number of halogens is 1. The summed E-state index contributed by atoms with van der Waals surface area (Å²) in [6.45, 7) is 6.41. The molecule has 2 aromatic carbocycles. The molecule has 0 aliphatic heterocycles. The van der Waals surface area contributed by atoms with Crippen molar-refractivity contribution in [1.82, 2.24) is 10.6 Å². The minimum absolute atomic E-state index is 0. The third kappa shape index (κ3) is 6.81. The molecule has 0 saturated heterocycles. The Morgan fingerprint density at radius 3 is 2.08 bits per heavy atom. The van der Waals surface area contributed by atoms with Crippen molar-refractivity contribution in [2.24, 2.45) is 4.99 Å². The van der Waals surface area contributed by atoms with Crippen LogP contribution in [0.1, 0.15) is 19.4 Å². The highest BCUT2D eigenvalue weighted by Crippen LogP contribution is 2.30. The zero-order chi connectivity index (χ0) is 17.2. The molecule has 0 heterocycles. The zero-order valence-corrected chi connectivity index (χ0v) is 17.2. The van der Waals surface area contributed by atoms with Gasteiger partial charge in [0.15, 0.2) is 17.5 Å². The average Bonchev–Trinajstić information content (AvgIpc) is 2.62. The first-order chi connectivity index (χ1) is 11.8. The quantitative estimate of drug-likeness (QED) is 0.374. The Bertz CT molecular complexity index is 652. The van der Waals surface area contributed by atoms with Gasteiger partial charge in [-0.05, 0) is 43.7 Å². The number of benzene rings is 2. The largest absolute Gasteiger partial charge is 0.493 e. The molecular weight excluding hydrogens is 429 g/mol. The van der Waals surface area contributed by atoms with Crippen molar-refractivity contribution < 1.29 is 9.47 Å². The lowest BCUT2D eigenvalue weighted by Gasteiger charge is -2.11. The van der Waals surface area contributed by atoms with E-state index in [4.69, 9.17) is 9.47 Å². The number of guanidine groups is 1. The minimum atomic E-state index is 0. The van der Waals surface area contributed by atoms with Crippen LogP contribution in [-0.2, 0) is 6.54 Å². The first-order valence-corrected chi connectivity index (χ1v) is 8.18. The second kappa shape index (κ2) is 11.6. The molecule has 0 fully saturated rings.